The molecule has 0 radical (unpaired) electrons. The summed E-state index contributed by atoms with van der Waals surface area (Å²) in [6, 6.07) is 8.42. The zero-order valence-corrected chi connectivity index (χ0v) is 11.9. The fourth-order valence-corrected chi connectivity index (χ4v) is 2.76. The summed E-state index contributed by atoms with van der Waals surface area (Å²) < 4.78 is 5.65. The maximum atomic E-state index is 5.65. The Balaban J connectivity index is 1.91. The molecule has 1 saturated carbocycles. The van der Waals surface area contributed by atoms with E-state index in [-0.39, 0.29) is 0 Å². The average Bonchev–Trinajstić information content (AvgIpc) is 2.49. The van der Waals surface area contributed by atoms with Crippen molar-refractivity contribution in [3.05, 3.63) is 24.3 Å². The molecule has 0 spiro atoms. The topological polar surface area (TPSA) is 47.0 Å². The molecule has 0 bridgehead atoms. The van der Waals surface area contributed by atoms with Crippen LogP contribution >= 0.6 is 0 Å². The van der Waals surface area contributed by atoms with Crippen LogP contribution in [0, 0.1) is 0 Å². The van der Waals surface area contributed by atoms with E-state index < -0.39 is 0 Å². The number of benzene rings is 1. The molecular formula is C16H21N3O. The number of ether oxygens (including phenoxy) is 1. The van der Waals surface area contributed by atoms with Crippen LogP contribution in [-0.4, -0.2) is 22.6 Å². The molecule has 4 nitrogen and oxygen atoms in total. The van der Waals surface area contributed by atoms with Gasteiger partial charge in [0.1, 0.15) is 0 Å². The second-order valence-corrected chi connectivity index (χ2v) is 5.28. The molecule has 1 aromatic heterocycles. The fourth-order valence-electron chi connectivity index (χ4n) is 2.76. The summed E-state index contributed by atoms with van der Waals surface area (Å²) in [7, 11) is 0. The van der Waals surface area contributed by atoms with Crippen LogP contribution in [0.4, 0.5) is 5.82 Å². The number of rotatable bonds is 4. The van der Waals surface area contributed by atoms with Crippen molar-refractivity contribution in [1.29, 1.82) is 0 Å². The van der Waals surface area contributed by atoms with Gasteiger partial charge in [-0.2, -0.15) is 0 Å². The second kappa shape index (κ2) is 6.07. The number of fused-ring (bicyclic) bond motifs is 1. The summed E-state index contributed by atoms with van der Waals surface area (Å²) in [6.45, 7) is 2.58. The molecule has 106 valence electrons. The summed E-state index contributed by atoms with van der Waals surface area (Å²) in [5.74, 6) is 1.41. The molecule has 1 aromatic carbocycles. The van der Waals surface area contributed by atoms with Crippen molar-refractivity contribution in [2.24, 2.45) is 0 Å². The first-order chi connectivity index (χ1) is 9.86. The van der Waals surface area contributed by atoms with Gasteiger partial charge in [-0.3, -0.25) is 0 Å². The number of hydrogen-bond acceptors (Lipinski definition) is 4. The predicted molar refractivity (Wildman–Crippen MR) is 81.2 cm³/mol. The van der Waals surface area contributed by atoms with Gasteiger partial charge in [0, 0.05) is 6.04 Å². The quantitative estimate of drug-likeness (QED) is 0.919. The Bertz CT molecular complexity index is 579. The molecule has 1 aliphatic carbocycles. The minimum atomic E-state index is 0.499. The maximum Gasteiger partial charge on any atom is 0.258 e. The molecule has 3 rings (SSSR count). The second-order valence-electron chi connectivity index (χ2n) is 5.28. The third-order valence-electron chi connectivity index (χ3n) is 3.77. The largest absolute Gasteiger partial charge is 0.475 e. The van der Waals surface area contributed by atoms with Crippen molar-refractivity contribution in [1.82, 2.24) is 9.97 Å². The Morgan fingerprint density at radius 2 is 1.80 bits per heavy atom. The lowest BCUT2D eigenvalue weighted by Crippen LogP contribution is -2.23. The summed E-state index contributed by atoms with van der Waals surface area (Å²) in [5.41, 5.74) is 1.79. The van der Waals surface area contributed by atoms with Gasteiger partial charge in [-0.05, 0) is 31.9 Å². The summed E-state index contributed by atoms with van der Waals surface area (Å²) in [4.78, 5) is 9.27. The lowest BCUT2D eigenvalue weighted by molar-refractivity contribution is 0.327. The zero-order valence-electron chi connectivity index (χ0n) is 11.9. The monoisotopic (exact) mass is 271 g/mol. The van der Waals surface area contributed by atoms with Gasteiger partial charge in [-0.25, -0.2) is 9.97 Å². The molecule has 0 unspecified atom stereocenters. The molecule has 2 aromatic rings. The standard InChI is InChI=1S/C16H21N3O/c1-2-20-16-15(17-12-8-4-3-5-9-12)18-13-10-6-7-11-14(13)19-16/h6-7,10-12H,2-5,8-9H2,1H3,(H,17,18). The molecule has 4 heteroatoms. The molecule has 1 fully saturated rings. The van der Waals surface area contributed by atoms with Crippen molar-refractivity contribution in [3.8, 4) is 5.88 Å². The Hall–Kier alpha value is -1.84. The third-order valence-corrected chi connectivity index (χ3v) is 3.77. The lowest BCUT2D eigenvalue weighted by atomic mass is 9.95. The Morgan fingerprint density at radius 3 is 2.50 bits per heavy atom. The number of anilines is 1. The highest BCUT2D eigenvalue weighted by molar-refractivity contribution is 5.77. The van der Waals surface area contributed by atoms with E-state index in [0.29, 0.717) is 18.5 Å². The number of hydrogen-bond donors (Lipinski definition) is 1. The molecule has 0 saturated heterocycles. The average molecular weight is 271 g/mol. The van der Waals surface area contributed by atoms with E-state index >= 15 is 0 Å². The van der Waals surface area contributed by atoms with Crippen molar-refractivity contribution in [3.63, 3.8) is 0 Å². The maximum absolute atomic E-state index is 5.65. The summed E-state index contributed by atoms with van der Waals surface area (Å²) >= 11 is 0. The first-order valence-corrected chi connectivity index (χ1v) is 7.53. The first kappa shape index (κ1) is 13.2. The van der Waals surface area contributed by atoms with Crippen molar-refractivity contribution < 1.29 is 4.74 Å². The Labute approximate surface area is 119 Å². The molecule has 1 N–H and O–H groups in total. The minimum absolute atomic E-state index is 0.499. The van der Waals surface area contributed by atoms with Gasteiger partial charge in [0.05, 0.1) is 17.6 Å². The van der Waals surface area contributed by atoms with E-state index in [0.717, 1.165) is 16.9 Å². The molecule has 1 aliphatic rings. The molecule has 1 heterocycles. The molecular weight excluding hydrogens is 250 g/mol. The minimum Gasteiger partial charge on any atom is -0.475 e. The molecule has 0 amide bonds. The highest BCUT2D eigenvalue weighted by atomic mass is 16.5. The van der Waals surface area contributed by atoms with Crippen LogP contribution in [0.3, 0.4) is 0 Å². The fraction of sp³-hybridized carbons (Fsp3) is 0.500. The van der Waals surface area contributed by atoms with Crippen LogP contribution < -0.4 is 10.1 Å². The normalized spacial score (nSPS) is 16.2. The van der Waals surface area contributed by atoms with E-state index in [9.17, 15) is 0 Å². The van der Waals surface area contributed by atoms with E-state index in [1.54, 1.807) is 0 Å². The molecule has 0 aliphatic heterocycles. The summed E-state index contributed by atoms with van der Waals surface area (Å²) in [5, 5.41) is 3.53. The lowest BCUT2D eigenvalue weighted by Gasteiger charge is -2.24. The van der Waals surface area contributed by atoms with Crippen LogP contribution in [0.1, 0.15) is 39.0 Å². The molecule has 20 heavy (non-hydrogen) atoms. The number of para-hydroxylation sites is 2. The van der Waals surface area contributed by atoms with Gasteiger partial charge < -0.3 is 10.1 Å². The van der Waals surface area contributed by atoms with Crippen LogP contribution in [0.2, 0.25) is 0 Å². The van der Waals surface area contributed by atoms with Crippen molar-refractivity contribution >= 4 is 16.9 Å². The van der Waals surface area contributed by atoms with Gasteiger partial charge in [-0.1, -0.05) is 31.4 Å². The van der Waals surface area contributed by atoms with E-state index in [1.807, 2.05) is 31.2 Å². The number of aromatic nitrogens is 2. The highest BCUT2D eigenvalue weighted by Crippen LogP contribution is 2.27. The summed E-state index contributed by atoms with van der Waals surface area (Å²) in [6.07, 6.45) is 6.35. The van der Waals surface area contributed by atoms with Gasteiger partial charge in [-0.15, -0.1) is 0 Å². The third kappa shape index (κ3) is 2.84. The van der Waals surface area contributed by atoms with E-state index in [1.165, 1.54) is 32.1 Å². The van der Waals surface area contributed by atoms with Gasteiger partial charge in [0.2, 0.25) is 0 Å². The van der Waals surface area contributed by atoms with Gasteiger partial charge in [0.15, 0.2) is 5.82 Å². The number of nitrogens with one attached hydrogen (secondary N) is 1. The highest BCUT2D eigenvalue weighted by Gasteiger charge is 2.17. The van der Waals surface area contributed by atoms with Gasteiger partial charge in [0.25, 0.3) is 5.88 Å². The first-order valence-electron chi connectivity index (χ1n) is 7.53. The van der Waals surface area contributed by atoms with E-state index in [4.69, 9.17) is 4.74 Å². The Morgan fingerprint density at radius 1 is 1.10 bits per heavy atom. The number of nitrogens with zero attached hydrogens (tertiary/aromatic N) is 2. The van der Waals surface area contributed by atoms with E-state index in [2.05, 4.69) is 15.3 Å². The van der Waals surface area contributed by atoms with Crippen LogP contribution in [-0.2, 0) is 0 Å². The van der Waals surface area contributed by atoms with Crippen molar-refractivity contribution in [2.45, 2.75) is 45.1 Å². The van der Waals surface area contributed by atoms with Crippen LogP contribution in [0.25, 0.3) is 11.0 Å². The molecule has 0 atom stereocenters. The van der Waals surface area contributed by atoms with Crippen molar-refractivity contribution in [2.75, 3.05) is 11.9 Å². The Kier molecular flexibility index (Phi) is 4.00. The smallest absolute Gasteiger partial charge is 0.258 e. The zero-order chi connectivity index (χ0) is 13.8. The predicted octanol–water partition coefficient (Wildman–Crippen LogP) is 3.77. The van der Waals surface area contributed by atoms with Gasteiger partial charge >= 0.3 is 0 Å². The van der Waals surface area contributed by atoms with Crippen LogP contribution in [0.15, 0.2) is 24.3 Å². The SMILES string of the molecule is CCOc1nc2ccccc2nc1NC1CCCCC1. The van der Waals surface area contributed by atoms with Crippen LogP contribution in [0.5, 0.6) is 5.88 Å².